The van der Waals surface area contributed by atoms with Crippen molar-refractivity contribution < 1.29 is 0 Å². The van der Waals surface area contributed by atoms with E-state index in [0.29, 0.717) is 0 Å². The Labute approximate surface area is 114 Å². The van der Waals surface area contributed by atoms with Crippen LogP contribution in [-0.4, -0.2) is 13.6 Å². The van der Waals surface area contributed by atoms with Gasteiger partial charge in [-0.2, -0.15) is 5.26 Å². The van der Waals surface area contributed by atoms with E-state index in [1.807, 2.05) is 25.2 Å². The Morgan fingerprint density at radius 2 is 1.84 bits per heavy atom. The minimum absolute atomic E-state index is 0.737. The molecule has 2 aromatic rings. The standard InChI is InChI=1S/C17H18N2/c1-14-8-9-16(13-18)17(12-14)19(2)11-10-15-6-4-3-5-7-15/h3-9,12H,10-11H2,1-2H3. The molecule has 0 aliphatic heterocycles. The Morgan fingerprint density at radius 1 is 1.11 bits per heavy atom. The Hall–Kier alpha value is -2.27. The van der Waals surface area contributed by atoms with Crippen LogP contribution in [0, 0.1) is 18.3 Å². The molecule has 0 saturated carbocycles. The zero-order chi connectivity index (χ0) is 13.7. The van der Waals surface area contributed by atoms with Crippen molar-refractivity contribution in [3.05, 3.63) is 65.2 Å². The molecule has 0 heterocycles. The summed E-state index contributed by atoms with van der Waals surface area (Å²) in [6.45, 7) is 2.96. The summed E-state index contributed by atoms with van der Waals surface area (Å²) in [5.74, 6) is 0. The first kappa shape index (κ1) is 13.2. The molecular weight excluding hydrogens is 232 g/mol. The molecular formula is C17H18N2. The van der Waals surface area contributed by atoms with Crippen LogP contribution in [0.2, 0.25) is 0 Å². The summed E-state index contributed by atoms with van der Waals surface area (Å²) in [5, 5.41) is 9.17. The minimum atomic E-state index is 0.737. The van der Waals surface area contributed by atoms with Crippen LogP contribution in [0.1, 0.15) is 16.7 Å². The third-order valence-corrected chi connectivity index (χ3v) is 3.26. The van der Waals surface area contributed by atoms with E-state index in [4.69, 9.17) is 5.26 Å². The Bertz CT molecular complexity index is 582. The molecule has 0 aromatic heterocycles. The van der Waals surface area contributed by atoms with Crippen molar-refractivity contribution >= 4 is 5.69 Å². The predicted molar refractivity (Wildman–Crippen MR) is 79.3 cm³/mol. The zero-order valence-corrected chi connectivity index (χ0v) is 11.4. The molecule has 0 amide bonds. The van der Waals surface area contributed by atoms with Crippen molar-refractivity contribution in [2.75, 3.05) is 18.5 Å². The van der Waals surface area contributed by atoms with Crippen LogP contribution in [0.5, 0.6) is 0 Å². The molecule has 0 N–H and O–H groups in total. The molecule has 0 fully saturated rings. The molecule has 0 spiro atoms. The first-order chi connectivity index (χ1) is 9.20. The first-order valence-corrected chi connectivity index (χ1v) is 6.46. The maximum absolute atomic E-state index is 9.17. The van der Waals surface area contributed by atoms with E-state index >= 15 is 0 Å². The molecule has 0 saturated heterocycles. The zero-order valence-electron chi connectivity index (χ0n) is 11.4. The van der Waals surface area contributed by atoms with Gasteiger partial charge in [-0.25, -0.2) is 0 Å². The highest BCUT2D eigenvalue weighted by molar-refractivity contribution is 5.60. The quantitative estimate of drug-likeness (QED) is 0.829. The van der Waals surface area contributed by atoms with E-state index in [1.165, 1.54) is 11.1 Å². The summed E-state index contributed by atoms with van der Waals surface area (Å²) < 4.78 is 0. The number of rotatable bonds is 4. The van der Waals surface area contributed by atoms with Gasteiger partial charge in [-0.05, 0) is 36.6 Å². The monoisotopic (exact) mass is 250 g/mol. The number of benzene rings is 2. The maximum Gasteiger partial charge on any atom is 0.101 e. The lowest BCUT2D eigenvalue weighted by Crippen LogP contribution is -2.21. The van der Waals surface area contributed by atoms with Crippen molar-refractivity contribution in [3.8, 4) is 6.07 Å². The number of nitriles is 1. The second kappa shape index (κ2) is 6.06. The van der Waals surface area contributed by atoms with Crippen LogP contribution >= 0.6 is 0 Å². The van der Waals surface area contributed by atoms with Crippen LogP contribution in [0.25, 0.3) is 0 Å². The third-order valence-electron chi connectivity index (χ3n) is 3.26. The topological polar surface area (TPSA) is 27.0 Å². The number of hydrogen-bond acceptors (Lipinski definition) is 2. The first-order valence-electron chi connectivity index (χ1n) is 6.46. The van der Waals surface area contributed by atoms with Gasteiger partial charge in [0, 0.05) is 13.6 Å². The van der Waals surface area contributed by atoms with Gasteiger partial charge in [0.2, 0.25) is 0 Å². The van der Waals surface area contributed by atoms with Crippen LogP contribution in [-0.2, 0) is 6.42 Å². The fourth-order valence-electron chi connectivity index (χ4n) is 2.11. The van der Waals surface area contributed by atoms with Crippen LogP contribution < -0.4 is 4.90 Å². The molecule has 0 aliphatic carbocycles. The Kier molecular flexibility index (Phi) is 4.20. The van der Waals surface area contributed by atoms with Gasteiger partial charge in [-0.3, -0.25) is 0 Å². The molecule has 2 aromatic carbocycles. The van der Waals surface area contributed by atoms with E-state index in [9.17, 15) is 0 Å². The van der Waals surface area contributed by atoms with Gasteiger partial charge in [0.1, 0.15) is 6.07 Å². The van der Waals surface area contributed by atoms with Gasteiger partial charge >= 0.3 is 0 Å². The molecule has 19 heavy (non-hydrogen) atoms. The van der Waals surface area contributed by atoms with E-state index < -0.39 is 0 Å². The van der Waals surface area contributed by atoms with Crippen molar-refractivity contribution in [1.82, 2.24) is 0 Å². The number of likely N-dealkylation sites (N-methyl/N-ethyl adjacent to an activating group) is 1. The second-order valence-electron chi connectivity index (χ2n) is 4.79. The number of nitrogens with zero attached hydrogens (tertiary/aromatic N) is 2. The molecule has 0 atom stereocenters. The van der Waals surface area contributed by atoms with Crippen molar-refractivity contribution in [2.45, 2.75) is 13.3 Å². The Morgan fingerprint density at radius 3 is 2.53 bits per heavy atom. The van der Waals surface area contributed by atoms with E-state index in [1.54, 1.807) is 0 Å². The van der Waals surface area contributed by atoms with Crippen LogP contribution in [0.3, 0.4) is 0 Å². The normalized spacial score (nSPS) is 9.95. The minimum Gasteiger partial charge on any atom is -0.373 e. The molecule has 96 valence electrons. The van der Waals surface area contributed by atoms with Gasteiger partial charge in [-0.1, -0.05) is 36.4 Å². The summed E-state index contributed by atoms with van der Waals surface area (Å²) in [6.07, 6.45) is 0.982. The summed E-state index contributed by atoms with van der Waals surface area (Å²) in [4.78, 5) is 2.15. The average molecular weight is 250 g/mol. The summed E-state index contributed by atoms with van der Waals surface area (Å²) >= 11 is 0. The highest BCUT2D eigenvalue weighted by atomic mass is 15.1. The predicted octanol–water partition coefficient (Wildman–Crippen LogP) is 3.55. The van der Waals surface area contributed by atoms with Gasteiger partial charge in [0.05, 0.1) is 11.3 Å². The van der Waals surface area contributed by atoms with Gasteiger partial charge in [-0.15, -0.1) is 0 Å². The van der Waals surface area contributed by atoms with E-state index in [-0.39, 0.29) is 0 Å². The van der Waals surface area contributed by atoms with Gasteiger partial charge < -0.3 is 4.90 Å². The van der Waals surface area contributed by atoms with E-state index in [2.05, 4.69) is 48.2 Å². The van der Waals surface area contributed by atoms with Gasteiger partial charge in [0.25, 0.3) is 0 Å². The molecule has 0 aliphatic rings. The number of hydrogen-bond donors (Lipinski definition) is 0. The summed E-state index contributed by atoms with van der Waals surface area (Å²) in [5.41, 5.74) is 4.25. The number of aryl methyl sites for hydroxylation is 1. The fraction of sp³-hybridized carbons (Fsp3) is 0.235. The lowest BCUT2D eigenvalue weighted by Gasteiger charge is -2.21. The largest absolute Gasteiger partial charge is 0.373 e. The summed E-state index contributed by atoms with van der Waals surface area (Å²) in [6, 6.07) is 18.6. The van der Waals surface area contributed by atoms with Crippen molar-refractivity contribution in [2.24, 2.45) is 0 Å². The summed E-state index contributed by atoms with van der Waals surface area (Å²) in [7, 11) is 2.04. The number of anilines is 1. The average Bonchev–Trinajstić information content (AvgIpc) is 2.46. The van der Waals surface area contributed by atoms with Crippen LogP contribution in [0.4, 0.5) is 5.69 Å². The highest BCUT2D eigenvalue weighted by Gasteiger charge is 2.07. The van der Waals surface area contributed by atoms with Crippen molar-refractivity contribution in [3.63, 3.8) is 0 Å². The lowest BCUT2D eigenvalue weighted by molar-refractivity contribution is 0.874. The third kappa shape index (κ3) is 3.35. The maximum atomic E-state index is 9.17. The van der Waals surface area contributed by atoms with Crippen LogP contribution in [0.15, 0.2) is 48.5 Å². The fourth-order valence-corrected chi connectivity index (χ4v) is 2.11. The molecule has 2 heteroatoms. The van der Waals surface area contributed by atoms with Gasteiger partial charge in [0.15, 0.2) is 0 Å². The van der Waals surface area contributed by atoms with E-state index in [0.717, 1.165) is 24.2 Å². The van der Waals surface area contributed by atoms with Crippen molar-refractivity contribution in [1.29, 1.82) is 5.26 Å². The molecule has 2 rings (SSSR count). The molecule has 2 nitrogen and oxygen atoms in total. The highest BCUT2D eigenvalue weighted by Crippen LogP contribution is 2.20. The molecule has 0 unspecified atom stereocenters. The smallest absolute Gasteiger partial charge is 0.101 e. The second-order valence-corrected chi connectivity index (χ2v) is 4.79. The molecule has 0 radical (unpaired) electrons. The Balaban J connectivity index is 2.10. The SMILES string of the molecule is Cc1ccc(C#N)c(N(C)CCc2ccccc2)c1. The lowest BCUT2D eigenvalue weighted by atomic mass is 10.1. The molecule has 0 bridgehead atoms.